The van der Waals surface area contributed by atoms with Gasteiger partial charge in [0.25, 0.3) is 5.91 Å². The highest BCUT2D eigenvalue weighted by molar-refractivity contribution is 6.30. The van der Waals surface area contributed by atoms with Crippen molar-refractivity contribution in [2.75, 3.05) is 49.1 Å². The number of anilines is 2. The molecule has 0 radical (unpaired) electrons. The quantitative estimate of drug-likeness (QED) is 0.112. The van der Waals surface area contributed by atoms with E-state index in [0.29, 0.717) is 56.2 Å². The maximum Gasteiger partial charge on any atom is 0.284 e. The molecule has 2 aromatic heterocycles. The second-order valence-electron chi connectivity index (χ2n) is 20.2. The molecular formula is C61H63ClN6O9. The van der Waals surface area contributed by atoms with E-state index < -0.39 is 11.8 Å². The Morgan fingerprint density at radius 1 is 0.571 bits per heavy atom. The molecule has 398 valence electrons. The second-order valence-corrected chi connectivity index (χ2v) is 20.7. The molecule has 11 rings (SSSR count). The zero-order chi connectivity index (χ0) is 53.4. The number of primary amides is 2. The molecule has 0 bridgehead atoms. The number of para-hydroxylation sites is 5. The van der Waals surface area contributed by atoms with Crippen molar-refractivity contribution in [1.82, 2.24) is 9.80 Å². The molecule has 0 atom stereocenters. The van der Waals surface area contributed by atoms with Gasteiger partial charge in [-0.1, -0.05) is 78.3 Å². The van der Waals surface area contributed by atoms with Crippen molar-refractivity contribution >= 4 is 46.6 Å². The molecule has 4 N–H and O–H groups in total. The summed E-state index contributed by atoms with van der Waals surface area (Å²) in [6.07, 6.45) is 6.40. The van der Waals surface area contributed by atoms with E-state index >= 15 is 0 Å². The van der Waals surface area contributed by atoms with E-state index in [0.717, 1.165) is 96.8 Å². The third-order valence-electron chi connectivity index (χ3n) is 15.1. The minimum absolute atomic E-state index is 0.0102. The number of carbonyl (C=O) groups is 4. The number of ether oxygens (including phenoxy) is 3. The molecule has 16 heteroatoms. The van der Waals surface area contributed by atoms with Crippen LogP contribution in [0.3, 0.4) is 0 Å². The first-order valence-electron chi connectivity index (χ1n) is 26.3. The highest BCUT2D eigenvalue weighted by Gasteiger charge is 2.42. The summed E-state index contributed by atoms with van der Waals surface area (Å²) in [4.78, 5) is 56.5. The predicted molar refractivity (Wildman–Crippen MR) is 294 cm³/mol. The minimum Gasteiger partial charge on any atom is -0.485 e. The van der Waals surface area contributed by atoms with Crippen LogP contribution in [0.4, 0.5) is 11.4 Å². The van der Waals surface area contributed by atoms with Crippen molar-refractivity contribution in [3.05, 3.63) is 180 Å². The summed E-state index contributed by atoms with van der Waals surface area (Å²) in [6.45, 7) is 5.42. The van der Waals surface area contributed by atoms with E-state index in [2.05, 4.69) is 34.1 Å². The third kappa shape index (κ3) is 12.8. The maximum absolute atomic E-state index is 13.0. The average Bonchev–Trinajstić information content (AvgIpc) is 4.15. The number of nitrogens with zero attached hydrogens (tertiary/aromatic N) is 4. The zero-order valence-corrected chi connectivity index (χ0v) is 43.7. The van der Waals surface area contributed by atoms with Crippen LogP contribution in [0.1, 0.15) is 78.8 Å². The Morgan fingerprint density at radius 3 is 1.75 bits per heavy atom. The average molecular weight is 1060 g/mol. The lowest BCUT2D eigenvalue weighted by atomic mass is 9.87. The molecule has 4 aliphatic heterocycles. The summed E-state index contributed by atoms with van der Waals surface area (Å²) < 4.78 is 30.7. The molecule has 77 heavy (non-hydrogen) atoms. The first-order chi connectivity index (χ1) is 37.4. The summed E-state index contributed by atoms with van der Waals surface area (Å²) in [6, 6.07) is 47.6. The topological polar surface area (TPSA) is 187 Å². The van der Waals surface area contributed by atoms with Crippen LogP contribution in [0, 0.1) is 0 Å². The SMILES string of the molecule is NC(=O)CCC(=O)N1CCC2(CC1)CCN(Cc1ccc(Oc3ccccc3)cc1)c1ccccc1O2.NC(=O)c1occc1CC(=O)N1CCC2(CC1)CCN(Cc1ccc(-c3cccc(Cl)c3)o1)c1ccccc1O2. The summed E-state index contributed by atoms with van der Waals surface area (Å²) in [7, 11) is 0. The number of carbonyl (C=O) groups excluding carboxylic acids is 4. The number of fused-ring (bicyclic) bond motifs is 2. The number of furan rings is 2. The van der Waals surface area contributed by atoms with Crippen molar-refractivity contribution in [3.8, 4) is 34.3 Å². The lowest BCUT2D eigenvalue weighted by Gasteiger charge is -2.41. The van der Waals surface area contributed by atoms with Crippen molar-refractivity contribution in [2.24, 2.45) is 11.5 Å². The highest BCUT2D eigenvalue weighted by atomic mass is 35.5. The number of benzene rings is 5. The van der Waals surface area contributed by atoms with Crippen LogP contribution < -0.4 is 35.5 Å². The van der Waals surface area contributed by atoms with Gasteiger partial charge >= 0.3 is 0 Å². The molecule has 15 nitrogen and oxygen atoms in total. The lowest BCUT2D eigenvalue weighted by Crippen LogP contribution is -2.50. The van der Waals surface area contributed by atoms with Crippen LogP contribution in [-0.4, -0.2) is 83.9 Å². The van der Waals surface area contributed by atoms with Crippen LogP contribution in [-0.2, 0) is 33.9 Å². The number of piperidine rings is 2. The molecular weight excluding hydrogens is 996 g/mol. The van der Waals surface area contributed by atoms with Gasteiger partial charge in [-0.2, -0.15) is 0 Å². The van der Waals surface area contributed by atoms with Gasteiger partial charge in [-0.25, -0.2) is 0 Å². The van der Waals surface area contributed by atoms with E-state index in [9.17, 15) is 19.2 Å². The molecule has 2 saturated heterocycles. The number of nitrogens with two attached hydrogens (primary N) is 2. The molecule has 4 amide bonds. The van der Waals surface area contributed by atoms with Crippen molar-refractivity contribution in [2.45, 2.75) is 82.1 Å². The van der Waals surface area contributed by atoms with Gasteiger partial charge in [0.1, 0.15) is 45.7 Å². The Bertz CT molecular complexity index is 3180. The van der Waals surface area contributed by atoms with E-state index in [1.165, 1.54) is 11.8 Å². The number of halogens is 1. The smallest absolute Gasteiger partial charge is 0.284 e. The number of hydrogen-bond donors (Lipinski definition) is 2. The second kappa shape index (κ2) is 23.4. The number of rotatable bonds is 13. The molecule has 2 fully saturated rings. The minimum atomic E-state index is -0.671. The first kappa shape index (κ1) is 52.3. The number of hydrogen-bond acceptors (Lipinski definition) is 11. The van der Waals surface area contributed by atoms with E-state index in [4.69, 9.17) is 46.1 Å². The van der Waals surface area contributed by atoms with Crippen LogP contribution in [0.2, 0.25) is 5.02 Å². The number of likely N-dealkylation sites (tertiary alicyclic amines) is 2. The van der Waals surface area contributed by atoms with Crippen molar-refractivity contribution in [3.63, 3.8) is 0 Å². The molecule has 6 heterocycles. The van der Waals surface area contributed by atoms with Crippen LogP contribution >= 0.6 is 11.6 Å². The Morgan fingerprint density at radius 2 is 1.14 bits per heavy atom. The Kier molecular flexibility index (Phi) is 15.9. The Hall–Kier alpha value is -8.17. The number of amides is 4. The standard InChI is InChI=1S/C31H30ClN3O5.C30H33N3O4/c32-23-5-3-4-21(18-23)26-9-8-24(39-26)20-35-16-13-31(40-27-7-2-1-6-25(27)35)11-14-34(15-12-31)28(36)19-22-10-17-38-29(22)30(33)37;31-28(34)14-15-29(35)32-19-16-30(17-20-32)18-21-33(26-8-4-5-9-27(26)37-30)22-23-10-12-25(13-11-23)36-24-6-2-1-3-7-24/h1-10,17-18H,11-16,19-20H2,(H2,33,37);1-13H,14-22H2,(H2,31,34). The third-order valence-corrected chi connectivity index (χ3v) is 15.3. The van der Waals surface area contributed by atoms with E-state index in [-0.39, 0.29) is 48.0 Å². The van der Waals surface area contributed by atoms with Gasteiger partial charge < -0.3 is 54.1 Å². The van der Waals surface area contributed by atoms with Gasteiger partial charge in [0, 0.05) is 113 Å². The van der Waals surface area contributed by atoms with Gasteiger partial charge in [-0.15, -0.1) is 0 Å². The van der Waals surface area contributed by atoms with Gasteiger partial charge in [0.2, 0.25) is 17.7 Å². The van der Waals surface area contributed by atoms with E-state index in [1.807, 2.05) is 125 Å². The molecule has 4 aliphatic rings. The van der Waals surface area contributed by atoms with E-state index in [1.54, 1.807) is 6.07 Å². The summed E-state index contributed by atoms with van der Waals surface area (Å²) in [5.74, 6) is 3.86. The molecule has 2 spiro atoms. The molecule has 0 unspecified atom stereocenters. The van der Waals surface area contributed by atoms with Crippen LogP contribution in [0.25, 0.3) is 11.3 Å². The predicted octanol–water partition coefficient (Wildman–Crippen LogP) is 10.6. The monoisotopic (exact) mass is 1060 g/mol. The first-order valence-corrected chi connectivity index (χ1v) is 26.7. The fourth-order valence-corrected chi connectivity index (χ4v) is 11.0. The summed E-state index contributed by atoms with van der Waals surface area (Å²) in [5, 5.41) is 0.670. The van der Waals surface area contributed by atoms with Gasteiger partial charge in [0.15, 0.2) is 5.76 Å². The summed E-state index contributed by atoms with van der Waals surface area (Å²) >= 11 is 6.17. The highest BCUT2D eigenvalue weighted by Crippen LogP contribution is 2.43. The fraction of sp³-hybridized carbons (Fsp3) is 0.311. The maximum atomic E-state index is 13.0. The fourth-order valence-electron chi connectivity index (χ4n) is 10.8. The Labute approximate surface area is 453 Å². The zero-order valence-electron chi connectivity index (χ0n) is 43.0. The molecule has 0 aliphatic carbocycles. The van der Waals surface area contributed by atoms with Crippen LogP contribution in [0.5, 0.6) is 23.0 Å². The normalized spacial score (nSPS) is 16.4. The van der Waals surface area contributed by atoms with Crippen molar-refractivity contribution in [1.29, 1.82) is 0 Å². The summed E-state index contributed by atoms with van der Waals surface area (Å²) in [5.41, 5.74) is 14.7. The molecule has 0 saturated carbocycles. The van der Waals surface area contributed by atoms with Gasteiger partial charge in [0.05, 0.1) is 30.6 Å². The van der Waals surface area contributed by atoms with Gasteiger partial charge in [-0.3, -0.25) is 19.2 Å². The lowest BCUT2D eigenvalue weighted by molar-refractivity contribution is -0.136. The van der Waals surface area contributed by atoms with Crippen LogP contribution in [0.15, 0.2) is 161 Å². The molecule has 7 aromatic rings. The largest absolute Gasteiger partial charge is 0.485 e. The van der Waals surface area contributed by atoms with Gasteiger partial charge in [-0.05, 0) is 84.4 Å². The molecule has 5 aromatic carbocycles. The Balaban J connectivity index is 0.000000175. The van der Waals surface area contributed by atoms with Crippen molar-refractivity contribution < 1.29 is 42.2 Å².